The number of carbonyl (C=O) groups excluding carboxylic acids is 6. The first kappa shape index (κ1) is 60.7. The van der Waals surface area contributed by atoms with Crippen LogP contribution in [0.15, 0.2) is 121 Å². The topological polar surface area (TPSA) is 225 Å². The van der Waals surface area contributed by atoms with Crippen LogP contribution in [0, 0.1) is 23.7 Å². The smallest absolute Gasteiger partial charge is 0.330 e. The largest absolute Gasteiger partial charge is 0.494 e. The Kier molecular flexibility index (Phi) is 24.3. The fraction of sp³-hybridized carbons (Fsp3) is 0.419. The molecule has 2 fully saturated rings. The number of anilines is 1. The van der Waals surface area contributed by atoms with E-state index in [1.807, 2.05) is 24.3 Å². The second-order valence-corrected chi connectivity index (χ2v) is 20.8. The molecular formula is C62H71N3O15S. The Balaban J connectivity index is 0.887. The van der Waals surface area contributed by atoms with E-state index in [9.17, 15) is 33.9 Å². The van der Waals surface area contributed by atoms with Crippen LogP contribution < -0.4 is 33.4 Å². The fourth-order valence-corrected chi connectivity index (χ4v) is 10.2. The summed E-state index contributed by atoms with van der Waals surface area (Å²) in [6.07, 6.45) is 14.0. The highest BCUT2D eigenvalue weighted by Crippen LogP contribution is 2.36. The van der Waals surface area contributed by atoms with Crippen molar-refractivity contribution < 1.29 is 71.8 Å². The maximum absolute atomic E-state index is 13.8. The van der Waals surface area contributed by atoms with Gasteiger partial charge in [-0.2, -0.15) is 5.10 Å². The van der Waals surface area contributed by atoms with Gasteiger partial charge in [-0.15, -0.1) is 0 Å². The van der Waals surface area contributed by atoms with Crippen molar-refractivity contribution in [3.05, 3.63) is 122 Å². The van der Waals surface area contributed by atoms with Crippen molar-refractivity contribution in [2.24, 2.45) is 28.8 Å². The predicted molar refractivity (Wildman–Crippen MR) is 305 cm³/mol. The highest BCUT2D eigenvalue weighted by molar-refractivity contribution is 7.22. The number of hydrogen-bond acceptors (Lipinski definition) is 19. The zero-order valence-corrected chi connectivity index (χ0v) is 46.4. The first-order valence-electron chi connectivity index (χ1n) is 27.8. The molecule has 0 aliphatic heterocycles. The molecule has 5 aromatic rings. The lowest BCUT2D eigenvalue weighted by Gasteiger charge is -2.26. The van der Waals surface area contributed by atoms with E-state index in [2.05, 4.69) is 18.3 Å². The van der Waals surface area contributed by atoms with Gasteiger partial charge in [0, 0.05) is 17.7 Å². The molecule has 0 bridgehead atoms. The molecule has 0 radical (unpaired) electrons. The molecule has 4 aromatic carbocycles. The Morgan fingerprint density at radius 3 is 1.42 bits per heavy atom. The lowest BCUT2D eigenvalue weighted by molar-refractivity contribution is -0.145. The summed E-state index contributed by atoms with van der Waals surface area (Å²) in [6, 6.07) is 26.1. The predicted octanol–water partition coefficient (Wildman–Crippen LogP) is 11.1. The summed E-state index contributed by atoms with van der Waals surface area (Å²) >= 11 is 1.40. The zero-order valence-electron chi connectivity index (χ0n) is 45.6. The lowest BCUT2D eigenvalue weighted by atomic mass is 9.82. The first-order chi connectivity index (χ1) is 39.5. The Morgan fingerprint density at radius 2 is 0.963 bits per heavy atom. The number of esters is 6. The van der Waals surface area contributed by atoms with Gasteiger partial charge in [-0.25, -0.2) is 19.6 Å². The number of hydrazone groups is 1. The van der Waals surface area contributed by atoms with Gasteiger partial charge >= 0.3 is 35.8 Å². The molecule has 2 aliphatic rings. The Hall–Kier alpha value is -7.90. The average Bonchev–Trinajstić information content (AvgIpc) is 3.99. The van der Waals surface area contributed by atoms with Crippen molar-refractivity contribution in [3.63, 3.8) is 0 Å². The zero-order chi connectivity index (χ0) is 57.2. The van der Waals surface area contributed by atoms with Crippen LogP contribution in [0.25, 0.3) is 10.2 Å². The number of fused-ring (bicyclic) bond motifs is 1. The molecule has 0 saturated heterocycles. The summed E-state index contributed by atoms with van der Waals surface area (Å²) in [6.45, 7) is 8.44. The molecule has 0 amide bonds. The van der Waals surface area contributed by atoms with E-state index in [4.69, 9.17) is 42.9 Å². The third-order valence-corrected chi connectivity index (χ3v) is 14.9. The van der Waals surface area contributed by atoms with Crippen LogP contribution in [0.1, 0.15) is 108 Å². The van der Waals surface area contributed by atoms with Crippen LogP contribution in [0.3, 0.4) is 0 Å². The van der Waals surface area contributed by atoms with Crippen LogP contribution in [0.2, 0.25) is 0 Å². The number of nitrogens with zero attached hydrogens (tertiary/aromatic N) is 3. The number of carbonyl (C=O) groups is 6. The minimum atomic E-state index is -0.495. The van der Waals surface area contributed by atoms with Crippen molar-refractivity contribution in [2.45, 2.75) is 103 Å². The van der Waals surface area contributed by atoms with Gasteiger partial charge in [0.05, 0.1) is 79.7 Å². The van der Waals surface area contributed by atoms with Crippen molar-refractivity contribution in [1.29, 1.82) is 0 Å². The third-order valence-electron chi connectivity index (χ3n) is 13.9. The van der Waals surface area contributed by atoms with Gasteiger partial charge < -0.3 is 43.0 Å². The van der Waals surface area contributed by atoms with Crippen LogP contribution in [0.5, 0.6) is 34.5 Å². The number of ether oxygens (including phenoxy) is 8. The molecule has 2 aliphatic carbocycles. The summed E-state index contributed by atoms with van der Waals surface area (Å²) in [5.41, 5.74) is 1.10. The average molecular weight is 1130 g/mol. The number of benzene rings is 4. The van der Waals surface area contributed by atoms with Crippen LogP contribution in [-0.2, 0) is 38.2 Å². The Morgan fingerprint density at radius 1 is 0.543 bits per heavy atom. The van der Waals surface area contributed by atoms with Crippen molar-refractivity contribution >= 4 is 68.7 Å². The maximum Gasteiger partial charge on any atom is 0.330 e. The van der Waals surface area contributed by atoms with Crippen LogP contribution >= 0.6 is 11.3 Å². The van der Waals surface area contributed by atoms with Gasteiger partial charge in [0.15, 0.2) is 0 Å². The van der Waals surface area contributed by atoms with E-state index in [0.29, 0.717) is 111 Å². The van der Waals surface area contributed by atoms with E-state index in [-0.39, 0.29) is 36.6 Å². The van der Waals surface area contributed by atoms with E-state index >= 15 is 0 Å². The molecule has 0 atom stereocenters. The minimum absolute atomic E-state index is 0.117. The standard InChI is InChI=1S/C62H71N3O15S/c1-3-56(67)75-39-13-7-5-11-37-73-48-25-29-50(30-26-48)77-58(69)43-17-19-45(20-18-43)60(71)79-52-33-34-54(47(41-52)42-63-65(35-36-66)62-64-53-15-9-10-16-55(53)81-62)80-61(72)46-23-21-44(22-24-46)59(70)78-51-31-27-49(28-32-51)74-38-12-6-8-14-40-76-57(68)4-2/h3-4,9-10,15-16,25-34,41-46,66H,1-2,5-8,11-14,17-24,35-40H2/b63-42+/t43-,44?,45-,46?. The fourth-order valence-electron chi connectivity index (χ4n) is 9.27. The molecule has 430 valence electrons. The van der Waals surface area contributed by atoms with Gasteiger partial charge in [0.2, 0.25) is 5.13 Å². The Labute approximate surface area is 476 Å². The molecule has 0 unspecified atom stereocenters. The maximum atomic E-state index is 13.8. The Bertz CT molecular complexity index is 2870. The number of para-hydroxylation sites is 1. The number of thiazole rings is 1. The lowest BCUT2D eigenvalue weighted by Crippen LogP contribution is -2.30. The third kappa shape index (κ3) is 19.7. The molecule has 0 spiro atoms. The van der Waals surface area contributed by atoms with Crippen LogP contribution in [-0.4, -0.2) is 91.7 Å². The number of unbranched alkanes of at least 4 members (excludes halogenated alkanes) is 6. The normalized spacial score (nSPS) is 16.9. The van der Waals surface area contributed by atoms with Crippen molar-refractivity contribution in [1.82, 2.24) is 4.98 Å². The summed E-state index contributed by atoms with van der Waals surface area (Å²) in [7, 11) is 0. The summed E-state index contributed by atoms with van der Waals surface area (Å²) < 4.78 is 46.0. The molecule has 7 rings (SSSR count). The highest BCUT2D eigenvalue weighted by atomic mass is 32.1. The van der Waals surface area contributed by atoms with E-state index in [1.54, 1.807) is 71.7 Å². The SMILES string of the molecule is C=CC(=O)OCCCCCCOc1ccc(OC(=O)C2CCC(C(=O)Oc3ccc(OC(=O)[C@H]4CC[C@H](C(=O)Oc5ccc(OCCCCCCOC(=O)C=C)cc5)CC4)cc3/C=N/N(CCO)c3nc4ccccc4s3)CC2)cc1. The molecule has 1 N–H and O–H groups in total. The van der Waals surface area contributed by atoms with Crippen molar-refractivity contribution in [2.75, 3.05) is 44.6 Å². The molecule has 1 aromatic heterocycles. The van der Waals surface area contributed by atoms with Gasteiger partial charge in [-0.1, -0.05) is 36.6 Å². The van der Waals surface area contributed by atoms with E-state index < -0.39 is 47.5 Å². The minimum Gasteiger partial charge on any atom is -0.494 e. The van der Waals surface area contributed by atoms with Gasteiger partial charge in [0.25, 0.3) is 0 Å². The summed E-state index contributed by atoms with van der Waals surface area (Å²) in [5, 5.41) is 16.8. The number of hydrogen-bond donors (Lipinski definition) is 1. The van der Waals surface area contributed by atoms with E-state index in [1.165, 1.54) is 17.6 Å². The molecule has 19 heteroatoms. The highest BCUT2D eigenvalue weighted by Gasteiger charge is 2.34. The second kappa shape index (κ2) is 32.4. The molecule has 18 nitrogen and oxygen atoms in total. The second-order valence-electron chi connectivity index (χ2n) is 19.7. The summed E-state index contributed by atoms with van der Waals surface area (Å²) in [4.78, 5) is 80.9. The first-order valence-corrected chi connectivity index (χ1v) is 28.6. The number of aromatic nitrogens is 1. The number of aliphatic hydroxyl groups excluding tert-OH is 1. The van der Waals surface area contributed by atoms with Crippen molar-refractivity contribution in [3.8, 4) is 34.5 Å². The molecule has 1 heterocycles. The van der Waals surface area contributed by atoms with Gasteiger partial charge in [0.1, 0.15) is 34.5 Å². The molecule has 2 saturated carbocycles. The monoisotopic (exact) mass is 1130 g/mol. The van der Waals surface area contributed by atoms with E-state index in [0.717, 1.165) is 73.7 Å². The molecular weight excluding hydrogens is 1060 g/mol. The van der Waals surface area contributed by atoms with Crippen LogP contribution in [0.4, 0.5) is 5.13 Å². The summed E-state index contributed by atoms with van der Waals surface area (Å²) in [5.74, 6) is -1.81. The number of rotatable bonds is 31. The van der Waals surface area contributed by atoms with Gasteiger partial charge in [-0.05, 0) is 182 Å². The molecule has 81 heavy (non-hydrogen) atoms. The quantitative estimate of drug-likeness (QED) is 0.0109. The van der Waals surface area contributed by atoms with Gasteiger partial charge in [-0.3, -0.25) is 19.2 Å². The number of aliphatic hydroxyl groups is 1.